The highest BCUT2D eigenvalue weighted by molar-refractivity contribution is 5.78. The summed E-state index contributed by atoms with van der Waals surface area (Å²) in [6.45, 7) is 0.247. The van der Waals surface area contributed by atoms with Gasteiger partial charge in [0.1, 0.15) is 0 Å². The fourth-order valence-electron chi connectivity index (χ4n) is 4.06. The highest BCUT2D eigenvalue weighted by atomic mass is 16.7. The zero-order chi connectivity index (χ0) is 17.5. The smallest absolute Gasteiger partial charge is 0.231 e. The van der Waals surface area contributed by atoms with Crippen molar-refractivity contribution in [1.29, 1.82) is 0 Å². The topological polar surface area (TPSA) is 83.7 Å². The van der Waals surface area contributed by atoms with E-state index in [1.165, 1.54) is 0 Å². The molecular weight excluding hydrogens is 332 g/mol. The maximum Gasteiger partial charge on any atom is 0.231 e. The highest BCUT2D eigenvalue weighted by Crippen LogP contribution is 2.41. The number of carbonyl (C=O) groups excluding carboxylic acids is 1. The number of nitrogens with one attached hydrogen (secondary N) is 4. The number of benzene rings is 2. The summed E-state index contributed by atoms with van der Waals surface area (Å²) in [5, 5.41) is 6.56. The van der Waals surface area contributed by atoms with Gasteiger partial charge in [0.25, 0.3) is 0 Å². The number of piperidine rings is 1. The van der Waals surface area contributed by atoms with Crippen LogP contribution in [0.1, 0.15) is 17.9 Å². The van der Waals surface area contributed by atoms with Crippen molar-refractivity contribution in [2.24, 2.45) is 5.92 Å². The number of rotatable bonds is 3. The average Bonchev–Trinajstić information content (AvgIpc) is 3.28. The monoisotopic (exact) mass is 352 g/mol. The standard InChI is InChI=1S/C19H20N4O3/c24-16-9-13(11-6-7-14-15(8-11)26-10-25-14)17-18(22-23-19(17)21-16)20-12-4-2-1-3-5-12/h1-8,13,17-20,22-23H,9-10H2,(H,21,24). The van der Waals surface area contributed by atoms with Gasteiger partial charge < -0.3 is 20.1 Å². The molecule has 2 saturated heterocycles. The number of fused-ring (bicyclic) bond motifs is 2. The third-order valence-electron chi connectivity index (χ3n) is 5.27. The summed E-state index contributed by atoms with van der Waals surface area (Å²) in [5.41, 5.74) is 8.62. The second-order valence-corrected chi connectivity index (χ2v) is 6.82. The number of ether oxygens (including phenoxy) is 2. The van der Waals surface area contributed by atoms with Crippen molar-refractivity contribution in [1.82, 2.24) is 16.2 Å². The molecule has 4 N–H and O–H groups in total. The number of anilines is 1. The van der Waals surface area contributed by atoms with E-state index in [1.807, 2.05) is 48.5 Å². The summed E-state index contributed by atoms with van der Waals surface area (Å²) >= 11 is 0. The molecule has 1 amide bonds. The molecule has 7 nitrogen and oxygen atoms in total. The van der Waals surface area contributed by atoms with Gasteiger partial charge in [0.2, 0.25) is 12.7 Å². The molecule has 2 fully saturated rings. The van der Waals surface area contributed by atoms with Crippen LogP contribution in [-0.4, -0.2) is 25.0 Å². The minimum absolute atomic E-state index is 0.0153. The van der Waals surface area contributed by atoms with Gasteiger partial charge in [-0.15, -0.1) is 0 Å². The fraction of sp³-hybridized carbons (Fsp3) is 0.316. The van der Waals surface area contributed by atoms with Crippen molar-refractivity contribution in [3.8, 4) is 11.5 Å². The molecule has 0 saturated carbocycles. The Morgan fingerprint density at radius 1 is 1.00 bits per heavy atom. The van der Waals surface area contributed by atoms with Crippen LogP contribution in [0.5, 0.6) is 11.5 Å². The third-order valence-corrected chi connectivity index (χ3v) is 5.27. The quantitative estimate of drug-likeness (QED) is 0.670. The van der Waals surface area contributed by atoms with Gasteiger partial charge in [-0.1, -0.05) is 24.3 Å². The van der Waals surface area contributed by atoms with Crippen molar-refractivity contribution in [3.63, 3.8) is 0 Å². The normalized spacial score (nSPS) is 29.2. The van der Waals surface area contributed by atoms with Crippen molar-refractivity contribution in [2.75, 3.05) is 12.1 Å². The van der Waals surface area contributed by atoms with Gasteiger partial charge in [-0.3, -0.25) is 4.79 Å². The lowest BCUT2D eigenvalue weighted by atomic mass is 9.78. The minimum Gasteiger partial charge on any atom is -0.454 e. The number of amides is 1. The van der Waals surface area contributed by atoms with E-state index in [0.717, 1.165) is 22.7 Å². The lowest BCUT2D eigenvalue weighted by Crippen LogP contribution is -2.53. The maximum absolute atomic E-state index is 12.2. The number of hydrogen-bond acceptors (Lipinski definition) is 6. The average molecular weight is 352 g/mol. The molecule has 3 aliphatic rings. The van der Waals surface area contributed by atoms with Crippen LogP contribution in [0.3, 0.4) is 0 Å². The Balaban J connectivity index is 1.45. The van der Waals surface area contributed by atoms with E-state index in [2.05, 4.69) is 21.5 Å². The first-order valence-corrected chi connectivity index (χ1v) is 8.79. The second-order valence-electron chi connectivity index (χ2n) is 6.82. The predicted molar refractivity (Wildman–Crippen MR) is 95.5 cm³/mol. The second kappa shape index (κ2) is 6.19. The number of para-hydroxylation sites is 1. The predicted octanol–water partition coefficient (Wildman–Crippen LogP) is 1.51. The van der Waals surface area contributed by atoms with Gasteiger partial charge in [-0.2, -0.15) is 0 Å². The van der Waals surface area contributed by atoms with Crippen molar-refractivity contribution < 1.29 is 14.3 Å². The van der Waals surface area contributed by atoms with E-state index < -0.39 is 0 Å². The Morgan fingerprint density at radius 2 is 1.85 bits per heavy atom. The molecule has 2 aromatic carbocycles. The first kappa shape index (κ1) is 15.5. The van der Waals surface area contributed by atoms with Crippen LogP contribution in [0.2, 0.25) is 0 Å². The molecule has 134 valence electrons. The van der Waals surface area contributed by atoms with Crippen LogP contribution in [-0.2, 0) is 4.79 Å². The third kappa shape index (κ3) is 2.65. The first-order chi connectivity index (χ1) is 12.8. The molecule has 3 aliphatic heterocycles. The molecular formula is C19H20N4O3. The van der Waals surface area contributed by atoms with Gasteiger partial charge in [0.15, 0.2) is 11.5 Å². The van der Waals surface area contributed by atoms with Crippen LogP contribution in [0, 0.1) is 5.92 Å². The summed E-state index contributed by atoms with van der Waals surface area (Å²) < 4.78 is 10.9. The Kier molecular flexibility index (Phi) is 3.69. The van der Waals surface area contributed by atoms with Gasteiger partial charge in [-0.05, 0) is 29.8 Å². The first-order valence-electron chi connectivity index (χ1n) is 8.79. The molecule has 0 aromatic heterocycles. The lowest BCUT2D eigenvalue weighted by Gasteiger charge is -2.36. The molecule has 0 aliphatic carbocycles. The van der Waals surface area contributed by atoms with E-state index in [0.29, 0.717) is 6.42 Å². The van der Waals surface area contributed by atoms with Crippen LogP contribution >= 0.6 is 0 Å². The molecule has 7 heteroatoms. The number of carbonyl (C=O) groups is 1. The van der Waals surface area contributed by atoms with E-state index in [9.17, 15) is 4.79 Å². The summed E-state index contributed by atoms with van der Waals surface area (Å²) in [7, 11) is 0. The van der Waals surface area contributed by atoms with Crippen molar-refractivity contribution in [3.05, 3.63) is 54.1 Å². The lowest BCUT2D eigenvalue weighted by molar-refractivity contribution is -0.125. The summed E-state index contributed by atoms with van der Waals surface area (Å²) in [4.78, 5) is 12.2. The Labute approximate surface area is 151 Å². The highest BCUT2D eigenvalue weighted by Gasteiger charge is 2.46. The Morgan fingerprint density at radius 3 is 2.73 bits per heavy atom. The van der Waals surface area contributed by atoms with Gasteiger partial charge in [0, 0.05) is 23.9 Å². The molecule has 2 aromatic rings. The summed E-state index contributed by atoms with van der Waals surface area (Å²) in [6.07, 6.45) is 0.295. The van der Waals surface area contributed by atoms with Crippen molar-refractivity contribution >= 4 is 11.6 Å². The molecule has 3 heterocycles. The molecule has 5 rings (SSSR count). The SMILES string of the molecule is O=C1CC(c2ccc3c(c2)OCO3)C2C(NNC2Nc2ccccc2)N1. The maximum atomic E-state index is 12.2. The molecule has 0 bridgehead atoms. The van der Waals surface area contributed by atoms with Crippen LogP contribution in [0.4, 0.5) is 5.69 Å². The number of hydrogen-bond donors (Lipinski definition) is 4. The zero-order valence-electron chi connectivity index (χ0n) is 14.1. The molecule has 4 atom stereocenters. The van der Waals surface area contributed by atoms with E-state index in [4.69, 9.17) is 9.47 Å². The van der Waals surface area contributed by atoms with Gasteiger partial charge in [0.05, 0.1) is 12.3 Å². The largest absolute Gasteiger partial charge is 0.454 e. The van der Waals surface area contributed by atoms with E-state index in [1.54, 1.807) is 0 Å². The zero-order valence-corrected chi connectivity index (χ0v) is 14.1. The van der Waals surface area contributed by atoms with Crippen LogP contribution in [0.25, 0.3) is 0 Å². The molecule has 26 heavy (non-hydrogen) atoms. The Bertz CT molecular complexity index is 829. The van der Waals surface area contributed by atoms with E-state index >= 15 is 0 Å². The molecule has 0 radical (unpaired) electrons. The van der Waals surface area contributed by atoms with Crippen LogP contribution in [0.15, 0.2) is 48.5 Å². The minimum atomic E-state index is -0.132. The number of hydrazine groups is 1. The summed E-state index contributed by atoms with van der Waals surface area (Å²) in [6, 6.07) is 16.0. The fourth-order valence-corrected chi connectivity index (χ4v) is 4.06. The van der Waals surface area contributed by atoms with E-state index in [-0.39, 0.29) is 36.9 Å². The molecule has 0 spiro atoms. The Hall–Kier alpha value is -2.77. The van der Waals surface area contributed by atoms with Crippen LogP contribution < -0.4 is 31.0 Å². The molecule has 4 unspecified atom stereocenters. The van der Waals surface area contributed by atoms with Crippen molar-refractivity contribution in [2.45, 2.75) is 24.7 Å². The summed E-state index contributed by atoms with van der Waals surface area (Å²) in [5.74, 6) is 1.76. The van der Waals surface area contributed by atoms with Gasteiger partial charge >= 0.3 is 0 Å². The van der Waals surface area contributed by atoms with Gasteiger partial charge in [-0.25, -0.2) is 10.9 Å².